The zero-order chi connectivity index (χ0) is 21.7. The van der Waals surface area contributed by atoms with Crippen LogP contribution in [0.25, 0.3) is 0 Å². The molecule has 0 aliphatic carbocycles. The molecule has 0 radical (unpaired) electrons. The molecular formula is C24H31IN4O3. The van der Waals surface area contributed by atoms with E-state index in [0.29, 0.717) is 26.3 Å². The molecule has 2 N–H and O–H groups in total. The fourth-order valence-electron chi connectivity index (χ4n) is 3.00. The standard InChI is InChI=1S/C24H30N4O3.HI/c1-2-25-24(26-13-6-15-30-19-22-7-5-16-31-22)27-17-20-9-11-21(12-10-20)18-28-14-4-3-8-23(28)29;/h3-5,7-12,14,16H,2,6,13,15,17-19H2,1H3,(H2,25,26,27);1H. The summed E-state index contributed by atoms with van der Waals surface area (Å²) in [4.78, 5) is 16.5. The van der Waals surface area contributed by atoms with Gasteiger partial charge in [0.15, 0.2) is 5.96 Å². The lowest BCUT2D eigenvalue weighted by molar-refractivity contribution is 0.105. The van der Waals surface area contributed by atoms with E-state index in [0.717, 1.165) is 42.4 Å². The molecule has 172 valence electrons. The Kier molecular flexibility index (Phi) is 11.6. The van der Waals surface area contributed by atoms with Gasteiger partial charge in [-0.2, -0.15) is 0 Å². The smallest absolute Gasteiger partial charge is 0.250 e. The van der Waals surface area contributed by atoms with Crippen LogP contribution in [0.15, 0.2) is 81.3 Å². The Bertz CT molecular complexity index is 985. The number of halogens is 1. The van der Waals surface area contributed by atoms with Crippen molar-refractivity contribution in [3.8, 4) is 0 Å². The van der Waals surface area contributed by atoms with Gasteiger partial charge in [-0.25, -0.2) is 4.99 Å². The fourth-order valence-corrected chi connectivity index (χ4v) is 3.00. The first-order valence-corrected chi connectivity index (χ1v) is 10.6. The first-order chi connectivity index (χ1) is 15.2. The summed E-state index contributed by atoms with van der Waals surface area (Å²) < 4.78 is 12.5. The van der Waals surface area contributed by atoms with Crippen LogP contribution in [-0.2, 0) is 24.4 Å². The Morgan fingerprint density at radius 1 is 1.06 bits per heavy atom. The number of nitrogens with one attached hydrogen (secondary N) is 2. The molecule has 8 heteroatoms. The van der Waals surface area contributed by atoms with Crippen LogP contribution in [0.1, 0.15) is 30.2 Å². The van der Waals surface area contributed by atoms with Gasteiger partial charge < -0.3 is 24.4 Å². The van der Waals surface area contributed by atoms with Crippen LogP contribution in [0.3, 0.4) is 0 Å². The number of rotatable bonds is 11. The second kappa shape index (κ2) is 14.5. The number of benzene rings is 1. The summed E-state index contributed by atoms with van der Waals surface area (Å²) in [6.45, 7) is 5.91. The molecule has 0 fully saturated rings. The summed E-state index contributed by atoms with van der Waals surface area (Å²) in [7, 11) is 0. The molecule has 2 aromatic heterocycles. The summed E-state index contributed by atoms with van der Waals surface area (Å²) in [6.07, 6.45) is 4.33. The van der Waals surface area contributed by atoms with Gasteiger partial charge in [0.05, 0.1) is 19.4 Å². The van der Waals surface area contributed by atoms with Crippen LogP contribution in [0.2, 0.25) is 0 Å². The highest BCUT2D eigenvalue weighted by molar-refractivity contribution is 14.0. The van der Waals surface area contributed by atoms with Gasteiger partial charge in [0.1, 0.15) is 12.4 Å². The number of aliphatic imine (C=N–C) groups is 1. The SMILES string of the molecule is CCNC(=NCc1ccc(Cn2ccccc2=O)cc1)NCCCOCc1ccco1.I. The molecule has 7 nitrogen and oxygen atoms in total. The third-order valence-corrected chi connectivity index (χ3v) is 4.62. The number of nitrogens with zero attached hydrogens (tertiary/aromatic N) is 2. The summed E-state index contributed by atoms with van der Waals surface area (Å²) in [5.74, 6) is 1.62. The zero-order valence-electron chi connectivity index (χ0n) is 18.3. The number of furan rings is 1. The molecule has 0 saturated heterocycles. The third kappa shape index (κ3) is 8.88. The van der Waals surface area contributed by atoms with Gasteiger partial charge in [0.2, 0.25) is 0 Å². The van der Waals surface area contributed by atoms with E-state index in [-0.39, 0.29) is 29.5 Å². The van der Waals surface area contributed by atoms with Gasteiger partial charge in [-0.05, 0) is 42.7 Å². The minimum atomic E-state index is 0. The predicted molar refractivity (Wildman–Crippen MR) is 137 cm³/mol. The summed E-state index contributed by atoms with van der Waals surface area (Å²) in [5.41, 5.74) is 2.20. The number of aromatic nitrogens is 1. The maximum Gasteiger partial charge on any atom is 0.250 e. The van der Waals surface area contributed by atoms with Gasteiger partial charge in [-0.15, -0.1) is 24.0 Å². The van der Waals surface area contributed by atoms with Crippen molar-refractivity contribution in [1.29, 1.82) is 0 Å². The van der Waals surface area contributed by atoms with E-state index in [1.807, 2.05) is 37.3 Å². The van der Waals surface area contributed by atoms with E-state index in [9.17, 15) is 4.79 Å². The van der Waals surface area contributed by atoms with Crippen LogP contribution < -0.4 is 16.2 Å². The maximum absolute atomic E-state index is 11.8. The van der Waals surface area contributed by atoms with E-state index in [1.54, 1.807) is 29.2 Å². The third-order valence-electron chi connectivity index (χ3n) is 4.62. The Hall–Kier alpha value is -2.59. The van der Waals surface area contributed by atoms with Crippen LogP contribution in [0.5, 0.6) is 0 Å². The molecule has 0 unspecified atom stereocenters. The fraction of sp³-hybridized carbons (Fsp3) is 0.333. The van der Waals surface area contributed by atoms with Gasteiger partial charge in [-0.3, -0.25) is 4.79 Å². The highest BCUT2D eigenvalue weighted by Crippen LogP contribution is 2.07. The largest absolute Gasteiger partial charge is 0.467 e. The molecule has 32 heavy (non-hydrogen) atoms. The molecular weight excluding hydrogens is 519 g/mol. The van der Waals surface area contributed by atoms with E-state index in [4.69, 9.17) is 9.15 Å². The summed E-state index contributed by atoms with van der Waals surface area (Å²) in [6, 6.07) is 17.2. The normalized spacial score (nSPS) is 11.1. The number of ether oxygens (including phenoxy) is 1. The van der Waals surface area contributed by atoms with Gasteiger partial charge in [0.25, 0.3) is 5.56 Å². The molecule has 0 aliphatic rings. The lowest BCUT2D eigenvalue weighted by Gasteiger charge is -2.11. The van der Waals surface area contributed by atoms with E-state index >= 15 is 0 Å². The monoisotopic (exact) mass is 550 g/mol. The highest BCUT2D eigenvalue weighted by atomic mass is 127. The van der Waals surface area contributed by atoms with Crippen LogP contribution in [-0.4, -0.2) is 30.2 Å². The summed E-state index contributed by atoms with van der Waals surface area (Å²) >= 11 is 0. The lowest BCUT2D eigenvalue weighted by Crippen LogP contribution is -2.38. The predicted octanol–water partition coefficient (Wildman–Crippen LogP) is 3.77. The van der Waals surface area contributed by atoms with E-state index < -0.39 is 0 Å². The first-order valence-electron chi connectivity index (χ1n) is 10.6. The van der Waals surface area contributed by atoms with E-state index in [1.165, 1.54) is 0 Å². The summed E-state index contributed by atoms with van der Waals surface area (Å²) in [5, 5.41) is 6.59. The Labute approximate surface area is 205 Å². The second-order valence-corrected chi connectivity index (χ2v) is 7.09. The van der Waals surface area contributed by atoms with Crippen molar-refractivity contribution in [2.45, 2.75) is 33.0 Å². The van der Waals surface area contributed by atoms with Crippen molar-refractivity contribution in [2.75, 3.05) is 19.7 Å². The molecule has 0 aliphatic heterocycles. The second-order valence-electron chi connectivity index (χ2n) is 7.09. The van der Waals surface area contributed by atoms with E-state index in [2.05, 4.69) is 27.8 Å². The average Bonchev–Trinajstić information content (AvgIpc) is 3.30. The van der Waals surface area contributed by atoms with Gasteiger partial charge in [0, 0.05) is 32.0 Å². The quantitative estimate of drug-likeness (QED) is 0.165. The molecule has 0 amide bonds. The average molecular weight is 550 g/mol. The molecule has 0 bridgehead atoms. The van der Waals surface area contributed by atoms with Crippen molar-refractivity contribution < 1.29 is 9.15 Å². The van der Waals surface area contributed by atoms with Gasteiger partial charge in [-0.1, -0.05) is 30.3 Å². The molecule has 3 rings (SSSR count). The Balaban J connectivity index is 0.00000363. The molecule has 3 aromatic rings. The lowest BCUT2D eigenvalue weighted by atomic mass is 10.1. The topological polar surface area (TPSA) is 80.8 Å². The Morgan fingerprint density at radius 2 is 1.88 bits per heavy atom. The van der Waals surface area contributed by atoms with Crippen LogP contribution in [0.4, 0.5) is 0 Å². The van der Waals surface area contributed by atoms with Crippen LogP contribution >= 0.6 is 24.0 Å². The van der Waals surface area contributed by atoms with Crippen molar-refractivity contribution in [1.82, 2.24) is 15.2 Å². The number of hydrogen-bond acceptors (Lipinski definition) is 4. The molecule has 0 spiro atoms. The number of guanidine groups is 1. The maximum atomic E-state index is 11.8. The van der Waals surface area contributed by atoms with Crippen molar-refractivity contribution in [3.05, 3.63) is 94.3 Å². The minimum absolute atomic E-state index is 0. The highest BCUT2D eigenvalue weighted by Gasteiger charge is 2.01. The minimum Gasteiger partial charge on any atom is -0.467 e. The van der Waals surface area contributed by atoms with Crippen molar-refractivity contribution >= 4 is 29.9 Å². The van der Waals surface area contributed by atoms with Crippen molar-refractivity contribution in [2.24, 2.45) is 4.99 Å². The molecule has 2 heterocycles. The number of hydrogen-bond donors (Lipinski definition) is 2. The zero-order valence-corrected chi connectivity index (χ0v) is 20.7. The molecule has 0 saturated carbocycles. The van der Waals surface area contributed by atoms with Crippen molar-refractivity contribution in [3.63, 3.8) is 0 Å². The molecule has 0 atom stereocenters. The van der Waals surface area contributed by atoms with Crippen LogP contribution in [0, 0.1) is 0 Å². The Morgan fingerprint density at radius 3 is 2.59 bits per heavy atom. The number of pyridine rings is 1. The molecule has 1 aromatic carbocycles. The first kappa shape index (κ1) is 25.7. The van der Waals surface area contributed by atoms with Gasteiger partial charge >= 0.3 is 0 Å².